The van der Waals surface area contributed by atoms with E-state index >= 15 is 0 Å². The average Bonchev–Trinajstić information content (AvgIpc) is 2.75. The summed E-state index contributed by atoms with van der Waals surface area (Å²) in [5.41, 5.74) is 4.06. The summed E-state index contributed by atoms with van der Waals surface area (Å²) in [5.74, 6) is 0. The standard InChI is InChI=1S/C25H20S4/c26-21-13-11-19(15-23(21)28)25(17-7-3-1-4-8-17,18-9-5-2-6-10-18)20-12-14-22(27)24(29)16-20/h1-16,26-29H. The molecule has 0 saturated heterocycles. The van der Waals surface area contributed by atoms with Gasteiger partial charge in [-0.3, -0.25) is 0 Å². The fourth-order valence-corrected chi connectivity index (χ4v) is 4.60. The van der Waals surface area contributed by atoms with Crippen LogP contribution in [0.1, 0.15) is 22.3 Å². The number of benzene rings is 4. The Morgan fingerprint density at radius 3 is 1.10 bits per heavy atom. The van der Waals surface area contributed by atoms with Gasteiger partial charge in [0.2, 0.25) is 0 Å². The van der Waals surface area contributed by atoms with E-state index in [0.717, 1.165) is 30.7 Å². The van der Waals surface area contributed by atoms with Crippen molar-refractivity contribution in [3.8, 4) is 0 Å². The molecule has 4 heteroatoms. The van der Waals surface area contributed by atoms with Crippen LogP contribution in [0.4, 0.5) is 0 Å². The van der Waals surface area contributed by atoms with Crippen LogP contribution in [0.15, 0.2) is 117 Å². The fourth-order valence-electron chi connectivity index (χ4n) is 3.89. The Labute approximate surface area is 194 Å². The monoisotopic (exact) mass is 448 g/mol. The molecule has 0 amide bonds. The van der Waals surface area contributed by atoms with Crippen molar-refractivity contribution >= 4 is 50.5 Å². The summed E-state index contributed by atoms with van der Waals surface area (Å²) in [6.45, 7) is 0. The largest absolute Gasteiger partial charge is 0.142 e. The second-order valence-electron chi connectivity index (χ2n) is 6.89. The van der Waals surface area contributed by atoms with E-state index in [-0.39, 0.29) is 0 Å². The number of hydrogen-bond acceptors (Lipinski definition) is 4. The van der Waals surface area contributed by atoms with Gasteiger partial charge in [-0.15, -0.1) is 50.5 Å². The van der Waals surface area contributed by atoms with Crippen LogP contribution in [0.3, 0.4) is 0 Å². The zero-order chi connectivity index (χ0) is 20.4. The molecule has 0 fully saturated rings. The molecule has 0 spiro atoms. The topological polar surface area (TPSA) is 0 Å². The molecular weight excluding hydrogens is 429 g/mol. The third-order valence-corrected chi connectivity index (χ3v) is 7.10. The molecule has 29 heavy (non-hydrogen) atoms. The molecule has 0 radical (unpaired) electrons. The van der Waals surface area contributed by atoms with Gasteiger partial charge >= 0.3 is 0 Å². The lowest BCUT2D eigenvalue weighted by Gasteiger charge is -2.37. The van der Waals surface area contributed by atoms with Crippen molar-refractivity contribution in [3.05, 3.63) is 119 Å². The molecule has 0 saturated carbocycles. The molecule has 4 aromatic carbocycles. The molecule has 0 aromatic heterocycles. The van der Waals surface area contributed by atoms with E-state index in [2.05, 4.69) is 123 Å². The fraction of sp³-hybridized carbons (Fsp3) is 0.0400. The van der Waals surface area contributed by atoms with Crippen molar-refractivity contribution in [3.63, 3.8) is 0 Å². The van der Waals surface area contributed by atoms with Gasteiger partial charge in [-0.2, -0.15) is 0 Å². The first-order valence-electron chi connectivity index (χ1n) is 9.19. The minimum Gasteiger partial charge on any atom is -0.142 e. The molecule has 144 valence electrons. The highest BCUT2D eigenvalue weighted by Gasteiger charge is 2.38. The zero-order valence-electron chi connectivity index (χ0n) is 15.5. The molecule has 0 nitrogen and oxygen atoms in total. The van der Waals surface area contributed by atoms with E-state index < -0.39 is 5.41 Å². The maximum absolute atomic E-state index is 4.67. The smallest absolute Gasteiger partial charge is 0.0702 e. The first-order valence-corrected chi connectivity index (χ1v) is 11.0. The molecule has 0 N–H and O–H groups in total. The molecule has 0 aliphatic carbocycles. The Hall–Kier alpha value is -1.72. The van der Waals surface area contributed by atoms with Gasteiger partial charge < -0.3 is 0 Å². The van der Waals surface area contributed by atoms with E-state index in [1.165, 1.54) is 11.1 Å². The SMILES string of the molecule is Sc1ccc(C(c2ccccc2)(c2ccccc2)c2ccc(S)c(S)c2)cc1S. The molecule has 0 heterocycles. The quantitative estimate of drug-likeness (QED) is 0.184. The molecule has 0 aliphatic heterocycles. The zero-order valence-corrected chi connectivity index (χ0v) is 19.1. The highest BCUT2D eigenvalue weighted by atomic mass is 32.1. The first kappa shape index (κ1) is 20.5. The van der Waals surface area contributed by atoms with Gasteiger partial charge in [0.1, 0.15) is 0 Å². The van der Waals surface area contributed by atoms with E-state index in [0.29, 0.717) is 0 Å². The number of thiol groups is 4. The molecular formula is C25H20S4. The van der Waals surface area contributed by atoms with Gasteiger partial charge in [-0.05, 0) is 46.5 Å². The minimum absolute atomic E-state index is 0.527. The summed E-state index contributed by atoms with van der Waals surface area (Å²) in [4.78, 5) is 3.40. The summed E-state index contributed by atoms with van der Waals surface area (Å²) >= 11 is 18.4. The van der Waals surface area contributed by atoms with E-state index in [9.17, 15) is 0 Å². The van der Waals surface area contributed by atoms with Crippen molar-refractivity contribution in [2.45, 2.75) is 25.0 Å². The summed E-state index contributed by atoms with van der Waals surface area (Å²) in [6.07, 6.45) is 0. The third kappa shape index (κ3) is 3.75. The maximum atomic E-state index is 4.67. The highest BCUT2D eigenvalue weighted by molar-refractivity contribution is 7.83. The van der Waals surface area contributed by atoms with E-state index in [4.69, 9.17) is 0 Å². The normalized spacial score (nSPS) is 11.4. The van der Waals surface area contributed by atoms with Gasteiger partial charge in [-0.1, -0.05) is 72.8 Å². The molecule has 0 bridgehead atoms. The lowest BCUT2D eigenvalue weighted by Crippen LogP contribution is -2.31. The van der Waals surface area contributed by atoms with Crippen molar-refractivity contribution in [1.82, 2.24) is 0 Å². The van der Waals surface area contributed by atoms with Gasteiger partial charge in [0.05, 0.1) is 5.41 Å². The number of rotatable bonds is 4. The minimum atomic E-state index is -0.527. The predicted octanol–water partition coefficient (Wildman–Crippen LogP) is 7.22. The maximum Gasteiger partial charge on any atom is 0.0702 e. The third-order valence-electron chi connectivity index (χ3n) is 5.23. The average molecular weight is 449 g/mol. The van der Waals surface area contributed by atoms with E-state index in [1.807, 2.05) is 24.3 Å². The van der Waals surface area contributed by atoms with Gasteiger partial charge in [0.25, 0.3) is 0 Å². The number of hydrogen-bond donors (Lipinski definition) is 4. The summed E-state index contributed by atoms with van der Waals surface area (Å²) < 4.78 is 0. The molecule has 0 atom stereocenters. The van der Waals surface area contributed by atoms with Crippen LogP contribution in [-0.2, 0) is 5.41 Å². The van der Waals surface area contributed by atoms with Crippen molar-refractivity contribution < 1.29 is 0 Å². The Bertz CT molecular complexity index is 1050. The van der Waals surface area contributed by atoms with Crippen LogP contribution in [0.2, 0.25) is 0 Å². The summed E-state index contributed by atoms with van der Waals surface area (Å²) in [5, 5.41) is 0. The molecule has 4 aromatic rings. The molecule has 4 rings (SSSR count). The van der Waals surface area contributed by atoms with Crippen molar-refractivity contribution in [1.29, 1.82) is 0 Å². The van der Waals surface area contributed by atoms with Crippen LogP contribution in [0.5, 0.6) is 0 Å². The van der Waals surface area contributed by atoms with Gasteiger partial charge in [-0.25, -0.2) is 0 Å². The Balaban J connectivity index is 2.16. The molecule has 0 aliphatic rings. The lowest BCUT2D eigenvalue weighted by molar-refractivity contribution is 0.736. The summed E-state index contributed by atoms with van der Waals surface area (Å²) in [7, 11) is 0. The van der Waals surface area contributed by atoms with Crippen molar-refractivity contribution in [2.75, 3.05) is 0 Å². The Morgan fingerprint density at radius 2 is 0.759 bits per heavy atom. The summed E-state index contributed by atoms with van der Waals surface area (Å²) in [6, 6.07) is 33.6. The van der Waals surface area contributed by atoms with Crippen LogP contribution in [-0.4, -0.2) is 0 Å². The van der Waals surface area contributed by atoms with Crippen LogP contribution >= 0.6 is 50.5 Å². The molecule has 0 unspecified atom stereocenters. The van der Waals surface area contributed by atoms with Gasteiger partial charge in [0.15, 0.2) is 0 Å². The Kier molecular flexibility index (Phi) is 6.07. The van der Waals surface area contributed by atoms with Gasteiger partial charge in [0, 0.05) is 19.6 Å². The Morgan fingerprint density at radius 1 is 0.379 bits per heavy atom. The second-order valence-corrected chi connectivity index (χ2v) is 8.82. The second kappa shape index (κ2) is 8.57. The highest BCUT2D eigenvalue weighted by Crippen LogP contribution is 2.46. The van der Waals surface area contributed by atoms with Crippen molar-refractivity contribution in [2.24, 2.45) is 0 Å². The first-order chi connectivity index (χ1) is 14.0. The lowest BCUT2D eigenvalue weighted by atomic mass is 9.65. The van der Waals surface area contributed by atoms with Crippen LogP contribution in [0.25, 0.3) is 0 Å². The van der Waals surface area contributed by atoms with Crippen LogP contribution < -0.4 is 0 Å². The predicted molar refractivity (Wildman–Crippen MR) is 134 cm³/mol. The van der Waals surface area contributed by atoms with Crippen LogP contribution in [0, 0.1) is 0 Å². The van der Waals surface area contributed by atoms with E-state index in [1.54, 1.807) is 0 Å².